The molecule has 4 heteroatoms. The molecule has 3 nitrogen and oxygen atoms in total. The van der Waals surface area contributed by atoms with E-state index >= 15 is 0 Å². The first-order valence-corrected chi connectivity index (χ1v) is 12.6. The summed E-state index contributed by atoms with van der Waals surface area (Å²) < 4.78 is 6.37. The lowest BCUT2D eigenvalue weighted by Gasteiger charge is -2.44. The number of hydrogen-bond donors (Lipinski definition) is 1. The molecule has 0 bridgehead atoms. The van der Waals surface area contributed by atoms with Gasteiger partial charge in [0, 0.05) is 5.92 Å². The summed E-state index contributed by atoms with van der Waals surface area (Å²) in [6.45, 7) is 6.81. The second kappa shape index (κ2) is 10.7. The minimum Gasteiger partial charge on any atom is -0.460 e. The van der Waals surface area contributed by atoms with Gasteiger partial charge in [0.2, 0.25) is 0 Å². The molecule has 0 spiro atoms. The first-order chi connectivity index (χ1) is 16.4. The fourth-order valence-corrected chi connectivity index (χ4v) is 5.43. The maximum absolute atomic E-state index is 13.7. The molecule has 34 heavy (non-hydrogen) atoms. The van der Waals surface area contributed by atoms with Gasteiger partial charge in [0.15, 0.2) is 6.04 Å². The molecule has 0 unspecified atom stereocenters. The van der Waals surface area contributed by atoms with Crippen molar-refractivity contribution in [1.29, 1.82) is 0 Å². The topological polar surface area (TPSA) is 38.3 Å². The van der Waals surface area contributed by atoms with Crippen molar-refractivity contribution in [2.45, 2.75) is 57.6 Å². The van der Waals surface area contributed by atoms with Crippen molar-refractivity contribution in [1.82, 2.24) is 0 Å². The van der Waals surface area contributed by atoms with Crippen LogP contribution in [-0.2, 0) is 14.9 Å². The number of rotatable bonds is 7. The van der Waals surface area contributed by atoms with Crippen LogP contribution in [0.15, 0.2) is 84.9 Å². The highest BCUT2D eigenvalue weighted by Crippen LogP contribution is 2.44. The van der Waals surface area contributed by atoms with Crippen LogP contribution in [0, 0.1) is 11.8 Å². The van der Waals surface area contributed by atoms with Crippen LogP contribution in [0.4, 0.5) is 5.69 Å². The molecule has 3 aromatic carbocycles. The molecule has 1 fully saturated rings. The Bertz CT molecular complexity index is 1080. The minimum atomic E-state index is -0.640. The van der Waals surface area contributed by atoms with Crippen molar-refractivity contribution >= 4 is 23.3 Å². The predicted molar refractivity (Wildman–Crippen MR) is 140 cm³/mol. The standard InChI is InChI=1S/C30H34ClNO2/c1-21-18-19-24(30(2,3)23-14-8-5-9-15-23)27(20-21)34-29(33)28(22-12-6-4-7-13-22)32-26-17-11-10-16-25(26)31/h4-17,21,24,27-28,32H,18-20H2,1-3H3/t21-,24-,27-,28-/m1/s1. The Morgan fingerprint density at radius 1 is 0.941 bits per heavy atom. The highest BCUT2D eigenvalue weighted by atomic mass is 35.5. The Morgan fingerprint density at radius 2 is 1.56 bits per heavy atom. The normalized spacial score (nSPS) is 21.5. The van der Waals surface area contributed by atoms with Crippen LogP contribution in [-0.4, -0.2) is 12.1 Å². The number of para-hydroxylation sites is 1. The Morgan fingerprint density at radius 3 is 2.24 bits per heavy atom. The zero-order valence-electron chi connectivity index (χ0n) is 20.2. The van der Waals surface area contributed by atoms with Gasteiger partial charge in [0.1, 0.15) is 6.10 Å². The lowest BCUT2D eigenvalue weighted by Crippen LogP contribution is -2.44. The number of carbonyl (C=O) groups excluding carboxylic acids is 1. The van der Waals surface area contributed by atoms with Gasteiger partial charge in [-0.3, -0.25) is 0 Å². The van der Waals surface area contributed by atoms with Crippen LogP contribution in [0.5, 0.6) is 0 Å². The average Bonchev–Trinajstić information content (AvgIpc) is 2.84. The SMILES string of the molecule is C[C@@H]1CC[C@@H](C(C)(C)c2ccccc2)[C@H](OC(=O)[C@H](Nc2ccccc2Cl)c2ccccc2)C1. The molecule has 0 aromatic heterocycles. The van der Waals surface area contributed by atoms with E-state index < -0.39 is 6.04 Å². The fraction of sp³-hybridized carbons (Fsp3) is 0.367. The Kier molecular flexibility index (Phi) is 7.63. The average molecular weight is 476 g/mol. The third-order valence-corrected chi connectivity index (χ3v) is 7.64. The van der Waals surface area contributed by atoms with E-state index in [-0.39, 0.29) is 23.4 Å². The molecule has 1 N–H and O–H groups in total. The lowest BCUT2D eigenvalue weighted by molar-refractivity contribution is -0.157. The maximum Gasteiger partial charge on any atom is 0.333 e. The number of nitrogens with one attached hydrogen (secondary N) is 1. The number of hydrogen-bond acceptors (Lipinski definition) is 3. The summed E-state index contributed by atoms with van der Waals surface area (Å²) in [5, 5.41) is 3.92. The largest absolute Gasteiger partial charge is 0.460 e. The number of ether oxygens (including phenoxy) is 1. The molecule has 4 rings (SSSR count). The monoisotopic (exact) mass is 475 g/mol. The van der Waals surface area contributed by atoms with E-state index in [4.69, 9.17) is 16.3 Å². The molecule has 4 atom stereocenters. The molecule has 0 aliphatic heterocycles. The zero-order valence-corrected chi connectivity index (χ0v) is 21.0. The summed E-state index contributed by atoms with van der Waals surface area (Å²) in [5.74, 6) is 0.498. The second-order valence-corrected chi connectivity index (χ2v) is 10.5. The first-order valence-electron chi connectivity index (χ1n) is 12.2. The Hall–Kier alpha value is -2.78. The van der Waals surface area contributed by atoms with Gasteiger partial charge in [-0.25, -0.2) is 4.79 Å². The molecule has 178 valence electrons. The van der Waals surface area contributed by atoms with Gasteiger partial charge in [0.05, 0.1) is 10.7 Å². The number of benzene rings is 3. The molecular weight excluding hydrogens is 442 g/mol. The van der Waals surface area contributed by atoms with Crippen molar-refractivity contribution in [3.05, 3.63) is 101 Å². The molecule has 0 heterocycles. The van der Waals surface area contributed by atoms with Crippen LogP contribution in [0.2, 0.25) is 5.02 Å². The van der Waals surface area contributed by atoms with E-state index in [9.17, 15) is 4.79 Å². The van der Waals surface area contributed by atoms with Crippen LogP contribution in [0.3, 0.4) is 0 Å². The van der Waals surface area contributed by atoms with E-state index in [2.05, 4.69) is 50.4 Å². The van der Waals surface area contributed by atoms with Crippen LogP contribution in [0.1, 0.15) is 57.2 Å². The predicted octanol–water partition coefficient (Wildman–Crippen LogP) is 7.82. The highest BCUT2D eigenvalue weighted by molar-refractivity contribution is 6.33. The van der Waals surface area contributed by atoms with E-state index in [0.717, 1.165) is 24.8 Å². The molecule has 1 aliphatic carbocycles. The summed E-state index contributed by atoms with van der Waals surface area (Å²) in [4.78, 5) is 13.7. The van der Waals surface area contributed by atoms with Gasteiger partial charge in [-0.1, -0.05) is 112 Å². The van der Waals surface area contributed by atoms with Crippen molar-refractivity contribution in [3.8, 4) is 0 Å². The third-order valence-electron chi connectivity index (χ3n) is 7.31. The zero-order chi connectivity index (χ0) is 24.1. The Labute approximate surface area is 208 Å². The van der Waals surface area contributed by atoms with E-state index in [1.807, 2.05) is 60.7 Å². The first kappa shape index (κ1) is 24.3. The molecule has 3 aromatic rings. The number of anilines is 1. The van der Waals surface area contributed by atoms with Gasteiger partial charge in [-0.15, -0.1) is 0 Å². The lowest BCUT2D eigenvalue weighted by atomic mass is 9.64. The molecule has 1 aliphatic rings. The summed E-state index contributed by atoms with van der Waals surface area (Å²) in [5.41, 5.74) is 2.75. The molecule has 1 saturated carbocycles. The maximum atomic E-state index is 13.7. The summed E-state index contributed by atoms with van der Waals surface area (Å²) in [7, 11) is 0. The molecule has 0 radical (unpaired) electrons. The smallest absolute Gasteiger partial charge is 0.333 e. The summed E-state index contributed by atoms with van der Waals surface area (Å²) in [6, 6.07) is 27.2. The van der Waals surface area contributed by atoms with Crippen molar-refractivity contribution in [3.63, 3.8) is 0 Å². The Balaban J connectivity index is 1.61. The van der Waals surface area contributed by atoms with Gasteiger partial charge in [-0.05, 0) is 47.4 Å². The number of halogens is 1. The molecular formula is C30H34ClNO2. The van der Waals surface area contributed by atoms with Crippen molar-refractivity contribution in [2.75, 3.05) is 5.32 Å². The fourth-order valence-electron chi connectivity index (χ4n) is 5.24. The van der Waals surface area contributed by atoms with E-state index in [1.165, 1.54) is 5.56 Å². The second-order valence-electron chi connectivity index (χ2n) is 10.1. The minimum absolute atomic E-state index is 0.106. The highest BCUT2D eigenvalue weighted by Gasteiger charge is 2.42. The summed E-state index contributed by atoms with van der Waals surface area (Å²) >= 11 is 6.41. The van der Waals surface area contributed by atoms with Crippen LogP contribution < -0.4 is 5.32 Å². The number of carbonyl (C=O) groups is 1. The van der Waals surface area contributed by atoms with Gasteiger partial charge in [-0.2, -0.15) is 0 Å². The van der Waals surface area contributed by atoms with E-state index in [1.54, 1.807) is 0 Å². The van der Waals surface area contributed by atoms with Crippen molar-refractivity contribution < 1.29 is 9.53 Å². The number of esters is 1. The van der Waals surface area contributed by atoms with Crippen LogP contribution in [0.25, 0.3) is 0 Å². The molecule has 0 amide bonds. The third kappa shape index (κ3) is 5.47. The summed E-state index contributed by atoms with van der Waals surface area (Å²) in [6.07, 6.45) is 2.91. The van der Waals surface area contributed by atoms with Crippen molar-refractivity contribution in [2.24, 2.45) is 11.8 Å². The van der Waals surface area contributed by atoms with Gasteiger partial charge in [0.25, 0.3) is 0 Å². The van der Waals surface area contributed by atoms with Gasteiger partial charge >= 0.3 is 5.97 Å². The van der Waals surface area contributed by atoms with E-state index in [0.29, 0.717) is 16.6 Å². The van der Waals surface area contributed by atoms with Crippen LogP contribution >= 0.6 is 11.6 Å². The quantitative estimate of drug-likeness (QED) is 0.354. The van der Waals surface area contributed by atoms with Gasteiger partial charge < -0.3 is 10.1 Å². The molecule has 0 saturated heterocycles.